The Kier molecular flexibility index (Phi) is 4.26. The number of hydrogen-bond donors (Lipinski definition) is 1. The van der Waals surface area contributed by atoms with Crippen molar-refractivity contribution in [2.75, 3.05) is 13.1 Å². The molecule has 21 heavy (non-hydrogen) atoms. The van der Waals surface area contributed by atoms with Crippen molar-refractivity contribution in [3.63, 3.8) is 0 Å². The lowest BCUT2D eigenvalue weighted by atomic mass is 9.69. The zero-order valence-electron chi connectivity index (χ0n) is 12.5. The first-order chi connectivity index (χ1) is 10.0. The van der Waals surface area contributed by atoms with Crippen LogP contribution >= 0.6 is 11.6 Å². The highest BCUT2D eigenvalue weighted by Crippen LogP contribution is 2.44. The molecule has 2 nitrogen and oxygen atoms in total. The summed E-state index contributed by atoms with van der Waals surface area (Å²) in [6.07, 6.45) is 4.04. The summed E-state index contributed by atoms with van der Waals surface area (Å²) in [4.78, 5) is 2.32. The smallest absolute Gasteiger partial charge is 0.142 e. The van der Waals surface area contributed by atoms with E-state index in [9.17, 15) is 9.50 Å². The Morgan fingerprint density at radius 1 is 1.43 bits per heavy atom. The van der Waals surface area contributed by atoms with Gasteiger partial charge in [-0.2, -0.15) is 0 Å². The summed E-state index contributed by atoms with van der Waals surface area (Å²) in [5.41, 5.74) is 0.332. The fourth-order valence-electron chi connectivity index (χ4n) is 4.20. The third kappa shape index (κ3) is 2.84. The molecule has 1 saturated carbocycles. The van der Waals surface area contributed by atoms with E-state index < -0.39 is 5.60 Å². The van der Waals surface area contributed by atoms with Gasteiger partial charge in [-0.15, -0.1) is 0 Å². The summed E-state index contributed by atoms with van der Waals surface area (Å²) in [5, 5.41) is 11.1. The second-order valence-electron chi connectivity index (χ2n) is 6.62. The average molecular weight is 312 g/mol. The van der Waals surface area contributed by atoms with Crippen molar-refractivity contribution in [1.29, 1.82) is 0 Å². The molecule has 2 aliphatic rings. The van der Waals surface area contributed by atoms with Gasteiger partial charge in [-0.25, -0.2) is 4.39 Å². The minimum absolute atomic E-state index is 0.234. The first-order valence-electron chi connectivity index (χ1n) is 7.91. The molecule has 1 N–H and O–H groups in total. The van der Waals surface area contributed by atoms with Crippen molar-refractivity contribution in [3.8, 4) is 0 Å². The number of benzene rings is 1. The van der Waals surface area contributed by atoms with Crippen LogP contribution in [0, 0.1) is 17.7 Å². The highest BCUT2D eigenvalue weighted by atomic mass is 35.5. The van der Waals surface area contributed by atoms with E-state index in [2.05, 4.69) is 11.8 Å². The Labute approximate surface area is 130 Å². The van der Waals surface area contributed by atoms with E-state index in [1.807, 2.05) is 6.07 Å². The van der Waals surface area contributed by atoms with Gasteiger partial charge in [-0.05, 0) is 36.8 Å². The molecule has 1 aliphatic heterocycles. The zero-order valence-corrected chi connectivity index (χ0v) is 13.2. The van der Waals surface area contributed by atoms with E-state index in [1.54, 1.807) is 6.07 Å². The Morgan fingerprint density at radius 2 is 2.24 bits per heavy atom. The lowest BCUT2D eigenvalue weighted by Crippen LogP contribution is -2.44. The Bertz CT molecular complexity index is 524. The molecule has 1 saturated heterocycles. The maximum absolute atomic E-state index is 13.5. The molecule has 3 atom stereocenters. The number of rotatable bonds is 3. The molecule has 4 heteroatoms. The molecular formula is C17H23ClFNO. The molecule has 1 aliphatic carbocycles. The van der Waals surface area contributed by atoms with Gasteiger partial charge in [0.2, 0.25) is 0 Å². The summed E-state index contributed by atoms with van der Waals surface area (Å²) in [7, 11) is 0. The average Bonchev–Trinajstić information content (AvgIpc) is 2.88. The molecule has 1 heterocycles. The van der Waals surface area contributed by atoms with Crippen LogP contribution in [0.4, 0.5) is 4.39 Å². The van der Waals surface area contributed by atoms with Gasteiger partial charge < -0.3 is 5.11 Å². The summed E-state index contributed by atoms with van der Waals surface area (Å²) < 4.78 is 13.5. The number of nitrogens with zero attached hydrogens (tertiary/aromatic N) is 1. The monoisotopic (exact) mass is 311 g/mol. The summed E-state index contributed by atoms with van der Waals surface area (Å²) in [5.74, 6) is 0.565. The highest BCUT2D eigenvalue weighted by Gasteiger charge is 2.47. The quantitative estimate of drug-likeness (QED) is 0.916. The molecule has 0 amide bonds. The van der Waals surface area contributed by atoms with Crippen LogP contribution in [0.15, 0.2) is 18.2 Å². The van der Waals surface area contributed by atoms with Crippen LogP contribution < -0.4 is 0 Å². The van der Waals surface area contributed by atoms with Crippen molar-refractivity contribution in [2.45, 2.75) is 44.8 Å². The molecule has 2 fully saturated rings. The van der Waals surface area contributed by atoms with E-state index in [-0.39, 0.29) is 10.8 Å². The van der Waals surface area contributed by atoms with Gasteiger partial charge in [0.15, 0.2) is 0 Å². The summed E-state index contributed by atoms with van der Waals surface area (Å²) in [6, 6.07) is 4.99. The van der Waals surface area contributed by atoms with Gasteiger partial charge in [0.05, 0.1) is 10.6 Å². The Hall–Kier alpha value is -0.640. The largest absolute Gasteiger partial charge is 0.390 e. The molecule has 0 spiro atoms. The van der Waals surface area contributed by atoms with Gasteiger partial charge in [0, 0.05) is 25.6 Å². The van der Waals surface area contributed by atoms with E-state index in [0.29, 0.717) is 18.4 Å². The van der Waals surface area contributed by atoms with Crippen LogP contribution in [0.2, 0.25) is 5.02 Å². The maximum Gasteiger partial charge on any atom is 0.142 e. The lowest BCUT2D eigenvalue weighted by molar-refractivity contribution is -0.0613. The Balaban J connectivity index is 1.73. The van der Waals surface area contributed by atoms with Crippen molar-refractivity contribution in [2.24, 2.45) is 11.8 Å². The zero-order chi connectivity index (χ0) is 15.0. The number of likely N-dealkylation sites (tertiary alicyclic amines) is 1. The first-order valence-corrected chi connectivity index (χ1v) is 8.29. The highest BCUT2D eigenvalue weighted by molar-refractivity contribution is 6.31. The van der Waals surface area contributed by atoms with Crippen molar-refractivity contribution in [3.05, 3.63) is 34.6 Å². The molecule has 1 aromatic rings. The van der Waals surface area contributed by atoms with Crippen molar-refractivity contribution >= 4 is 11.6 Å². The topological polar surface area (TPSA) is 23.5 Å². The van der Waals surface area contributed by atoms with E-state index in [0.717, 1.165) is 37.9 Å². The van der Waals surface area contributed by atoms with Crippen molar-refractivity contribution < 1.29 is 9.50 Å². The second-order valence-corrected chi connectivity index (χ2v) is 7.00. The van der Waals surface area contributed by atoms with Crippen LogP contribution in [0.5, 0.6) is 0 Å². The third-order valence-electron chi connectivity index (χ3n) is 5.43. The van der Waals surface area contributed by atoms with Gasteiger partial charge in [0.25, 0.3) is 0 Å². The number of fused-ring (bicyclic) bond motifs is 1. The van der Waals surface area contributed by atoms with Gasteiger partial charge in [0.1, 0.15) is 5.82 Å². The van der Waals surface area contributed by atoms with Crippen LogP contribution in [-0.2, 0) is 6.54 Å². The lowest BCUT2D eigenvalue weighted by Gasteiger charge is -2.40. The summed E-state index contributed by atoms with van der Waals surface area (Å²) in [6.45, 7) is 4.62. The van der Waals surface area contributed by atoms with E-state index >= 15 is 0 Å². The molecule has 0 unspecified atom stereocenters. The fraction of sp³-hybridized carbons (Fsp3) is 0.647. The number of halogens is 2. The molecule has 0 aromatic heterocycles. The molecule has 1 aromatic carbocycles. The molecule has 0 radical (unpaired) electrons. The van der Waals surface area contributed by atoms with Gasteiger partial charge in [-0.3, -0.25) is 4.90 Å². The number of hydrogen-bond acceptors (Lipinski definition) is 2. The van der Waals surface area contributed by atoms with Crippen molar-refractivity contribution in [1.82, 2.24) is 4.90 Å². The molecular weight excluding hydrogens is 289 g/mol. The SMILES string of the molecule is CC[C@@]1(O)CCC[C@@H]2CN(Cc3cccc(F)c3Cl)C[C@@H]21. The standard InChI is InChI=1S/C17H23ClFNO/c1-2-17(21)8-4-6-12-9-20(11-14(12)17)10-13-5-3-7-15(19)16(13)18/h3,5,7,12,14,21H,2,4,6,8-11H2,1H3/t12-,14+,17-/m1/s1. The van der Waals surface area contributed by atoms with Crippen LogP contribution in [0.25, 0.3) is 0 Å². The minimum Gasteiger partial charge on any atom is -0.390 e. The van der Waals surface area contributed by atoms with Crippen LogP contribution in [0.3, 0.4) is 0 Å². The molecule has 116 valence electrons. The van der Waals surface area contributed by atoms with Gasteiger partial charge >= 0.3 is 0 Å². The van der Waals surface area contributed by atoms with E-state index in [4.69, 9.17) is 11.6 Å². The van der Waals surface area contributed by atoms with E-state index in [1.165, 1.54) is 12.5 Å². The molecule has 0 bridgehead atoms. The summed E-state index contributed by atoms with van der Waals surface area (Å²) >= 11 is 6.06. The fourth-order valence-corrected chi connectivity index (χ4v) is 4.38. The first kappa shape index (κ1) is 15.3. The number of aliphatic hydroxyl groups is 1. The van der Waals surface area contributed by atoms with Crippen LogP contribution in [0.1, 0.15) is 38.2 Å². The maximum atomic E-state index is 13.5. The Morgan fingerprint density at radius 3 is 3.00 bits per heavy atom. The third-order valence-corrected chi connectivity index (χ3v) is 5.85. The normalized spacial score (nSPS) is 33.1. The predicted molar refractivity (Wildman–Crippen MR) is 82.8 cm³/mol. The molecule has 3 rings (SSSR count). The predicted octanol–water partition coefficient (Wildman–Crippen LogP) is 3.85. The minimum atomic E-state index is -0.511. The van der Waals surface area contributed by atoms with Gasteiger partial charge in [-0.1, -0.05) is 37.1 Å². The second kappa shape index (κ2) is 5.86. The van der Waals surface area contributed by atoms with Crippen LogP contribution in [-0.4, -0.2) is 28.7 Å².